The SMILES string of the molecule is Cc1ccc(NC2CCN3CCCC3C2)cc1C(F)(F)F. The molecule has 0 amide bonds. The van der Waals surface area contributed by atoms with E-state index >= 15 is 0 Å². The Morgan fingerprint density at radius 2 is 2.00 bits per heavy atom. The molecule has 1 N–H and O–H groups in total. The van der Waals surface area contributed by atoms with Crippen LogP contribution in [0.1, 0.15) is 36.8 Å². The van der Waals surface area contributed by atoms with Crippen LogP contribution in [0.4, 0.5) is 18.9 Å². The number of anilines is 1. The van der Waals surface area contributed by atoms with Gasteiger partial charge in [-0.1, -0.05) is 6.07 Å². The Morgan fingerprint density at radius 1 is 1.19 bits per heavy atom. The zero-order valence-electron chi connectivity index (χ0n) is 12.2. The molecule has 0 radical (unpaired) electrons. The van der Waals surface area contributed by atoms with Crippen molar-refractivity contribution < 1.29 is 13.2 Å². The lowest BCUT2D eigenvalue weighted by Gasteiger charge is -2.35. The van der Waals surface area contributed by atoms with E-state index in [4.69, 9.17) is 0 Å². The summed E-state index contributed by atoms with van der Waals surface area (Å²) in [6, 6.07) is 5.45. The van der Waals surface area contributed by atoms with Crippen LogP contribution in [0.15, 0.2) is 18.2 Å². The van der Waals surface area contributed by atoms with Crippen molar-refractivity contribution in [3.8, 4) is 0 Å². The third-order valence-electron chi connectivity index (χ3n) is 4.73. The van der Waals surface area contributed by atoms with Gasteiger partial charge in [-0.05, 0) is 56.8 Å². The number of aryl methyl sites for hydroxylation is 1. The molecule has 2 heterocycles. The Bertz CT molecular complexity index is 513. The number of nitrogens with zero attached hydrogens (tertiary/aromatic N) is 1. The van der Waals surface area contributed by atoms with E-state index in [1.54, 1.807) is 12.1 Å². The van der Waals surface area contributed by atoms with Crippen LogP contribution >= 0.6 is 0 Å². The highest BCUT2D eigenvalue weighted by atomic mass is 19.4. The number of fused-ring (bicyclic) bond motifs is 1. The Hall–Kier alpha value is -1.23. The van der Waals surface area contributed by atoms with Crippen LogP contribution in [0.3, 0.4) is 0 Å². The lowest BCUT2D eigenvalue weighted by molar-refractivity contribution is -0.138. The van der Waals surface area contributed by atoms with Gasteiger partial charge in [0, 0.05) is 24.3 Å². The van der Waals surface area contributed by atoms with Gasteiger partial charge in [-0.3, -0.25) is 0 Å². The molecule has 5 heteroatoms. The van der Waals surface area contributed by atoms with Gasteiger partial charge in [-0.2, -0.15) is 13.2 Å². The van der Waals surface area contributed by atoms with Crippen molar-refractivity contribution in [1.82, 2.24) is 4.90 Å². The number of nitrogens with one attached hydrogen (secondary N) is 1. The van der Waals surface area contributed by atoms with Crippen LogP contribution < -0.4 is 5.32 Å². The van der Waals surface area contributed by atoms with Gasteiger partial charge < -0.3 is 10.2 Å². The standard InChI is InChI=1S/C16H21F3N2/c1-11-4-5-12(10-15(11)16(17,18)19)20-13-6-8-21-7-2-3-14(21)9-13/h4-5,10,13-14,20H,2-3,6-9H2,1H3. The molecule has 116 valence electrons. The molecule has 2 saturated heterocycles. The molecule has 2 atom stereocenters. The van der Waals surface area contributed by atoms with Crippen molar-refractivity contribution in [1.29, 1.82) is 0 Å². The van der Waals surface area contributed by atoms with E-state index < -0.39 is 11.7 Å². The average molecular weight is 298 g/mol. The second-order valence-corrected chi connectivity index (χ2v) is 6.23. The second kappa shape index (κ2) is 5.52. The molecule has 21 heavy (non-hydrogen) atoms. The minimum Gasteiger partial charge on any atom is -0.382 e. The fourth-order valence-electron chi connectivity index (χ4n) is 3.61. The van der Waals surface area contributed by atoms with E-state index in [-0.39, 0.29) is 11.6 Å². The predicted molar refractivity (Wildman–Crippen MR) is 77.4 cm³/mol. The largest absolute Gasteiger partial charge is 0.416 e. The predicted octanol–water partition coefficient (Wildman–Crippen LogP) is 4.05. The maximum absolute atomic E-state index is 12.9. The molecule has 0 saturated carbocycles. The molecular formula is C16H21F3N2. The highest BCUT2D eigenvalue weighted by molar-refractivity contribution is 5.50. The van der Waals surface area contributed by atoms with Crippen LogP contribution in [0, 0.1) is 6.92 Å². The fourth-order valence-corrected chi connectivity index (χ4v) is 3.61. The van der Waals surface area contributed by atoms with Gasteiger partial charge in [0.1, 0.15) is 0 Å². The molecular weight excluding hydrogens is 277 g/mol. The molecule has 2 aliphatic heterocycles. The summed E-state index contributed by atoms with van der Waals surface area (Å²) < 4.78 is 38.8. The van der Waals surface area contributed by atoms with E-state index in [1.165, 1.54) is 32.4 Å². The monoisotopic (exact) mass is 298 g/mol. The number of benzene rings is 1. The molecule has 0 spiro atoms. The summed E-state index contributed by atoms with van der Waals surface area (Å²) in [5, 5.41) is 3.31. The molecule has 0 bridgehead atoms. The van der Waals surface area contributed by atoms with Gasteiger partial charge in [0.05, 0.1) is 5.56 Å². The van der Waals surface area contributed by atoms with Crippen LogP contribution in [-0.2, 0) is 6.18 Å². The van der Waals surface area contributed by atoms with Crippen LogP contribution in [-0.4, -0.2) is 30.1 Å². The minimum atomic E-state index is -4.28. The van der Waals surface area contributed by atoms with Crippen molar-refractivity contribution in [2.75, 3.05) is 18.4 Å². The van der Waals surface area contributed by atoms with E-state index in [2.05, 4.69) is 10.2 Å². The van der Waals surface area contributed by atoms with E-state index in [1.807, 2.05) is 0 Å². The maximum atomic E-state index is 12.9. The lowest BCUT2D eigenvalue weighted by Crippen LogP contribution is -2.42. The smallest absolute Gasteiger partial charge is 0.382 e. The third-order valence-corrected chi connectivity index (χ3v) is 4.73. The maximum Gasteiger partial charge on any atom is 0.416 e. The summed E-state index contributed by atoms with van der Waals surface area (Å²) >= 11 is 0. The zero-order chi connectivity index (χ0) is 15.0. The quantitative estimate of drug-likeness (QED) is 0.886. The fraction of sp³-hybridized carbons (Fsp3) is 0.625. The third kappa shape index (κ3) is 3.18. The molecule has 3 rings (SSSR count). The topological polar surface area (TPSA) is 15.3 Å². The van der Waals surface area contributed by atoms with Gasteiger partial charge in [0.2, 0.25) is 0 Å². The minimum absolute atomic E-state index is 0.277. The number of hydrogen-bond donors (Lipinski definition) is 1. The summed E-state index contributed by atoms with van der Waals surface area (Å²) in [7, 11) is 0. The van der Waals surface area contributed by atoms with E-state index in [0.717, 1.165) is 19.4 Å². The molecule has 2 aliphatic rings. The average Bonchev–Trinajstić information content (AvgIpc) is 2.87. The van der Waals surface area contributed by atoms with Gasteiger partial charge in [0.25, 0.3) is 0 Å². The molecule has 0 aliphatic carbocycles. The zero-order valence-corrected chi connectivity index (χ0v) is 12.2. The van der Waals surface area contributed by atoms with Gasteiger partial charge in [-0.25, -0.2) is 0 Å². The van der Waals surface area contributed by atoms with Crippen molar-refractivity contribution in [2.24, 2.45) is 0 Å². The Morgan fingerprint density at radius 3 is 2.76 bits per heavy atom. The lowest BCUT2D eigenvalue weighted by atomic mass is 9.97. The number of hydrogen-bond acceptors (Lipinski definition) is 2. The number of piperidine rings is 1. The summed E-state index contributed by atoms with van der Waals surface area (Å²) in [4.78, 5) is 2.51. The van der Waals surface area contributed by atoms with Crippen LogP contribution in [0.25, 0.3) is 0 Å². The Labute approximate surface area is 123 Å². The first-order chi connectivity index (χ1) is 9.93. The molecule has 1 aromatic rings. The first-order valence-electron chi connectivity index (χ1n) is 7.62. The number of rotatable bonds is 2. The number of alkyl halides is 3. The Balaban J connectivity index is 1.70. The first kappa shape index (κ1) is 14.7. The second-order valence-electron chi connectivity index (χ2n) is 6.23. The van der Waals surface area contributed by atoms with Gasteiger partial charge in [0.15, 0.2) is 0 Å². The summed E-state index contributed by atoms with van der Waals surface area (Å²) in [6.07, 6.45) is 0.234. The van der Waals surface area contributed by atoms with Crippen LogP contribution in [0.5, 0.6) is 0 Å². The van der Waals surface area contributed by atoms with E-state index in [9.17, 15) is 13.2 Å². The summed E-state index contributed by atoms with van der Waals surface area (Å²) in [6.45, 7) is 3.74. The molecule has 1 aromatic carbocycles. The number of halogens is 3. The van der Waals surface area contributed by atoms with Gasteiger partial charge >= 0.3 is 6.18 Å². The normalized spacial score (nSPS) is 26.7. The molecule has 2 unspecified atom stereocenters. The van der Waals surface area contributed by atoms with Crippen molar-refractivity contribution in [2.45, 2.75) is 50.9 Å². The summed E-state index contributed by atoms with van der Waals surface area (Å²) in [5.41, 5.74) is 0.328. The highest BCUT2D eigenvalue weighted by Crippen LogP contribution is 2.34. The summed E-state index contributed by atoms with van der Waals surface area (Å²) in [5.74, 6) is 0. The van der Waals surface area contributed by atoms with Gasteiger partial charge in [-0.15, -0.1) is 0 Å². The van der Waals surface area contributed by atoms with Crippen molar-refractivity contribution >= 4 is 5.69 Å². The highest BCUT2D eigenvalue weighted by Gasteiger charge is 2.34. The van der Waals surface area contributed by atoms with Crippen molar-refractivity contribution in [3.63, 3.8) is 0 Å². The molecule has 2 fully saturated rings. The molecule has 2 nitrogen and oxygen atoms in total. The first-order valence-corrected chi connectivity index (χ1v) is 7.62. The van der Waals surface area contributed by atoms with Crippen LogP contribution in [0.2, 0.25) is 0 Å². The van der Waals surface area contributed by atoms with E-state index in [0.29, 0.717) is 11.7 Å². The molecule has 0 aromatic heterocycles. The Kier molecular flexibility index (Phi) is 3.86. The van der Waals surface area contributed by atoms with Crippen molar-refractivity contribution in [3.05, 3.63) is 29.3 Å².